The minimum atomic E-state index is 0.746. The molecule has 0 saturated heterocycles. The van der Waals surface area contributed by atoms with Crippen LogP contribution in [0.15, 0.2) is 45.5 Å². The van der Waals surface area contributed by atoms with E-state index in [2.05, 4.69) is 52.4 Å². The maximum Gasteiger partial charge on any atom is 0.0803 e. The third kappa shape index (κ3) is 6.22. The molecule has 0 unspecified atom stereocenters. The van der Waals surface area contributed by atoms with E-state index in [4.69, 9.17) is 0 Å². The SMILES string of the molecule is C=C.C=N/C(C(=C)C)=C(\Br)C=NC. The fraction of sp³-hybridized carbons (Fsp3) is 0.200. The van der Waals surface area contributed by atoms with E-state index < -0.39 is 0 Å². The van der Waals surface area contributed by atoms with Gasteiger partial charge in [-0.2, -0.15) is 0 Å². The van der Waals surface area contributed by atoms with Crippen molar-refractivity contribution in [3.05, 3.63) is 35.5 Å². The molecule has 0 fully saturated rings. The van der Waals surface area contributed by atoms with E-state index in [0.29, 0.717) is 0 Å². The van der Waals surface area contributed by atoms with Gasteiger partial charge in [0.2, 0.25) is 0 Å². The number of allylic oxidation sites excluding steroid dienone is 2. The van der Waals surface area contributed by atoms with Gasteiger partial charge in [0.05, 0.1) is 10.2 Å². The molecule has 72 valence electrons. The monoisotopic (exact) mass is 242 g/mol. The molecule has 0 heterocycles. The van der Waals surface area contributed by atoms with Gasteiger partial charge in [0.15, 0.2) is 0 Å². The fourth-order valence-electron chi connectivity index (χ4n) is 0.589. The van der Waals surface area contributed by atoms with Gasteiger partial charge in [-0.25, -0.2) is 0 Å². The van der Waals surface area contributed by atoms with Gasteiger partial charge in [-0.3, -0.25) is 9.98 Å². The van der Waals surface area contributed by atoms with Gasteiger partial charge in [0, 0.05) is 13.3 Å². The lowest BCUT2D eigenvalue weighted by Crippen LogP contribution is -1.85. The lowest BCUT2D eigenvalue weighted by Gasteiger charge is -1.99. The van der Waals surface area contributed by atoms with E-state index in [-0.39, 0.29) is 0 Å². The maximum atomic E-state index is 3.83. The highest BCUT2D eigenvalue weighted by Crippen LogP contribution is 2.17. The zero-order valence-corrected chi connectivity index (χ0v) is 9.76. The average molecular weight is 243 g/mol. The molecule has 0 aliphatic rings. The molecule has 0 aromatic rings. The Morgan fingerprint density at radius 2 is 1.85 bits per heavy atom. The first kappa shape index (κ1) is 14.6. The summed E-state index contributed by atoms with van der Waals surface area (Å²) >= 11 is 3.30. The van der Waals surface area contributed by atoms with Crippen molar-refractivity contribution in [3.8, 4) is 0 Å². The third-order valence-electron chi connectivity index (χ3n) is 1.03. The molecule has 0 amide bonds. The van der Waals surface area contributed by atoms with Gasteiger partial charge >= 0.3 is 0 Å². The van der Waals surface area contributed by atoms with Crippen molar-refractivity contribution in [2.24, 2.45) is 9.98 Å². The fourth-order valence-corrected chi connectivity index (χ4v) is 1.26. The second-order valence-corrected chi connectivity index (χ2v) is 2.88. The molecule has 0 N–H and O–H groups in total. The van der Waals surface area contributed by atoms with Crippen molar-refractivity contribution in [2.45, 2.75) is 6.92 Å². The van der Waals surface area contributed by atoms with Crippen LogP contribution in [0.2, 0.25) is 0 Å². The Morgan fingerprint density at radius 1 is 1.38 bits per heavy atom. The van der Waals surface area contributed by atoms with Crippen LogP contribution in [0, 0.1) is 0 Å². The van der Waals surface area contributed by atoms with Crippen LogP contribution in [0.4, 0.5) is 0 Å². The predicted molar refractivity (Wildman–Crippen MR) is 66.0 cm³/mol. The second kappa shape index (κ2) is 9.13. The molecule has 0 aliphatic carbocycles. The van der Waals surface area contributed by atoms with E-state index in [1.807, 2.05) is 6.92 Å². The largest absolute Gasteiger partial charge is 0.295 e. The molecular formula is C10H15BrN2. The topological polar surface area (TPSA) is 24.7 Å². The highest BCUT2D eigenvalue weighted by atomic mass is 79.9. The summed E-state index contributed by atoms with van der Waals surface area (Å²) in [6.07, 6.45) is 1.67. The van der Waals surface area contributed by atoms with Crippen molar-refractivity contribution >= 4 is 28.9 Å². The van der Waals surface area contributed by atoms with Crippen molar-refractivity contribution in [1.29, 1.82) is 0 Å². The van der Waals surface area contributed by atoms with E-state index in [1.54, 1.807) is 13.3 Å². The quantitative estimate of drug-likeness (QED) is 0.412. The molecular weight excluding hydrogens is 228 g/mol. The summed E-state index contributed by atoms with van der Waals surface area (Å²) in [6, 6.07) is 0. The first-order valence-electron chi connectivity index (χ1n) is 3.58. The molecule has 0 aliphatic heterocycles. The van der Waals surface area contributed by atoms with Crippen LogP contribution < -0.4 is 0 Å². The summed E-state index contributed by atoms with van der Waals surface area (Å²) in [5.41, 5.74) is 1.61. The van der Waals surface area contributed by atoms with Crippen molar-refractivity contribution < 1.29 is 0 Å². The number of hydrogen-bond acceptors (Lipinski definition) is 2. The Labute approximate surface area is 88.6 Å². The van der Waals surface area contributed by atoms with Crippen molar-refractivity contribution in [2.75, 3.05) is 7.05 Å². The highest BCUT2D eigenvalue weighted by molar-refractivity contribution is 9.12. The summed E-state index contributed by atoms with van der Waals surface area (Å²) in [5, 5.41) is 0. The van der Waals surface area contributed by atoms with Crippen LogP contribution in [0.3, 0.4) is 0 Å². The molecule has 2 nitrogen and oxygen atoms in total. The van der Waals surface area contributed by atoms with Crippen LogP contribution in [0.25, 0.3) is 0 Å². The zero-order chi connectivity index (χ0) is 10.9. The maximum absolute atomic E-state index is 3.83. The van der Waals surface area contributed by atoms with Gasteiger partial charge in [0.1, 0.15) is 0 Å². The summed E-state index contributed by atoms with van der Waals surface area (Å²) in [5.74, 6) is 0. The molecule has 0 aromatic carbocycles. The smallest absolute Gasteiger partial charge is 0.0803 e. The summed E-state index contributed by atoms with van der Waals surface area (Å²) in [6.45, 7) is 15.0. The number of halogens is 1. The summed E-state index contributed by atoms with van der Waals surface area (Å²) in [4.78, 5) is 7.63. The normalized spacial score (nSPS) is 11.3. The predicted octanol–water partition coefficient (Wildman–Crippen LogP) is 3.37. The summed E-state index contributed by atoms with van der Waals surface area (Å²) < 4.78 is 0.808. The lowest BCUT2D eigenvalue weighted by atomic mass is 10.2. The molecule has 0 spiro atoms. The van der Waals surface area contributed by atoms with Crippen LogP contribution in [-0.4, -0.2) is 20.0 Å². The Morgan fingerprint density at radius 3 is 2.08 bits per heavy atom. The molecule has 0 rings (SSSR count). The Kier molecular flexibility index (Phi) is 10.2. The first-order valence-corrected chi connectivity index (χ1v) is 4.37. The number of nitrogens with zero attached hydrogens (tertiary/aromatic N) is 2. The third-order valence-corrected chi connectivity index (χ3v) is 1.61. The number of aliphatic imine (C=N–C) groups is 2. The minimum absolute atomic E-state index is 0.746. The number of rotatable bonds is 3. The van der Waals surface area contributed by atoms with Crippen LogP contribution in [0.5, 0.6) is 0 Å². The van der Waals surface area contributed by atoms with E-state index in [9.17, 15) is 0 Å². The van der Waals surface area contributed by atoms with Crippen LogP contribution >= 0.6 is 15.9 Å². The second-order valence-electron chi connectivity index (χ2n) is 2.02. The Balaban J connectivity index is 0. The van der Waals surface area contributed by atoms with Gasteiger partial charge in [0.25, 0.3) is 0 Å². The lowest BCUT2D eigenvalue weighted by molar-refractivity contribution is 1.31. The molecule has 0 atom stereocenters. The van der Waals surface area contributed by atoms with E-state index >= 15 is 0 Å². The standard InChI is InChI=1S/C8H11BrN2.C2H4/c1-6(2)8(11-4)7(9)5-10-3;1-2/h5H,1,4H2,2-3H3;1-2H2/b8-7-,10-5?;. The molecule has 3 heteroatoms. The molecule has 0 saturated carbocycles. The molecule has 0 radical (unpaired) electrons. The summed E-state index contributed by atoms with van der Waals surface area (Å²) in [7, 11) is 1.69. The molecule has 13 heavy (non-hydrogen) atoms. The van der Waals surface area contributed by atoms with Gasteiger partial charge in [-0.15, -0.1) is 13.2 Å². The van der Waals surface area contributed by atoms with Crippen LogP contribution in [-0.2, 0) is 0 Å². The minimum Gasteiger partial charge on any atom is -0.295 e. The van der Waals surface area contributed by atoms with Crippen LogP contribution in [0.1, 0.15) is 6.92 Å². The molecule has 0 aromatic heterocycles. The average Bonchev–Trinajstić information content (AvgIpc) is 2.09. The van der Waals surface area contributed by atoms with E-state index in [0.717, 1.165) is 15.8 Å². The Bertz CT molecular complexity index is 239. The number of hydrogen-bond donors (Lipinski definition) is 0. The first-order chi connectivity index (χ1) is 6.13. The zero-order valence-electron chi connectivity index (χ0n) is 8.18. The van der Waals surface area contributed by atoms with Crippen molar-refractivity contribution in [1.82, 2.24) is 0 Å². The van der Waals surface area contributed by atoms with Gasteiger partial charge in [-0.05, 0) is 35.1 Å². The highest BCUT2D eigenvalue weighted by Gasteiger charge is 1.98. The van der Waals surface area contributed by atoms with Gasteiger partial charge < -0.3 is 0 Å². The molecule has 0 bridgehead atoms. The van der Waals surface area contributed by atoms with Gasteiger partial charge in [-0.1, -0.05) is 6.58 Å². The Hall–Kier alpha value is -0.960. The van der Waals surface area contributed by atoms with Crippen molar-refractivity contribution in [3.63, 3.8) is 0 Å². The van der Waals surface area contributed by atoms with E-state index in [1.165, 1.54) is 0 Å².